The molecule has 1 aromatic carbocycles. The molecule has 2 rings (SSSR count). The maximum absolute atomic E-state index is 11.4. The van der Waals surface area contributed by atoms with E-state index in [-0.39, 0.29) is 18.3 Å². The lowest BCUT2D eigenvalue weighted by Crippen LogP contribution is -2.15. The van der Waals surface area contributed by atoms with E-state index >= 15 is 0 Å². The normalized spacial score (nSPS) is 10.4. The zero-order chi connectivity index (χ0) is 13.8. The summed E-state index contributed by atoms with van der Waals surface area (Å²) in [7, 11) is 0. The van der Waals surface area contributed by atoms with Crippen LogP contribution in [0.25, 0.3) is 11.4 Å². The molecule has 0 fully saturated rings. The van der Waals surface area contributed by atoms with E-state index in [0.29, 0.717) is 23.8 Å². The first-order chi connectivity index (χ1) is 9.11. The predicted molar refractivity (Wildman–Crippen MR) is 68.5 cm³/mol. The maximum Gasteiger partial charge on any atom is 0.327 e. The highest BCUT2D eigenvalue weighted by Crippen LogP contribution is 2.25. The van der Waals surface area contributed by atoms with Crippen LogP contribution in [-0.4, -0.2) is 32.4 Å². The van der Waals surface area contributed by atoms with Crippen LogP contribution in [-0.2, 0) is 16.1 Å². The molecule has 0 spiro atoms. The molecule has 0 radical (unpaired) electrons. The number of esters is 1. The van der Waals surface area contributed by atoms with Crippen molar-refractivity contribution in [3.8, 4) is 17.1 Å². The van der Waals surface area contributed by atoms with Gasteiger partial charge in [-0.05, 0) is 26.0 Å². The molecule has 19 heavy (non-hydrogen) atoms. The smallest absolute Gasteiger partial charge is 0.327 e. The van der Waals surface area contributed by atoms with E-state index in [2.05, 4.69) is 10.1 Å². The lowest BCUT2D eigenvalue weighted by molar-refractivity contribution is -0.144. The Morgan fingerprint density at radius 1 is 1.42 bits per heavy atom. The molecule has 0 saturated carbocycles. The number of phenols is 1. The summed E-state index contributed by atoms with van der Waals surface area (Å²) in [6.07, 6.45) is 0. The van der Waals surface area contributed by atoms with Crippen molar-refractivity contribution in [3.63, 3.8) is 0 Å². The Morgan fingerprint density at radius 2 is 2.16 bits per heavy atom. The number of aryl methyl sites for hydroxylation is 1. The van der Waals surface area contributed by atoms with Gasteiger partial charge < -0.3 is 9.84 Å². The lowest BCUT2D eigenvalue weighted by Gasteiger charge is -2.02. The average Bonchev–Trinajstić information content (AvgIpc) is 2.71. The van der Waals surface area contributed by atoms with E-state index in [1.807, 2.05) is 0 Å². The summed E-state index contributed by atoms with van der Waals surface area (Å²) < 4.78 is 6.32. The topological polar surface area (TPSA) is 77.2 Å². The fourth-order valence-corrected chi connectivity index (χ4v) is 1.68. The van der Waals surface area contributed by atoms with Crippen molar-refractivity contribution in [2.45, 2.75) is 20.4 Å². The van der Waals surface area contributed by atoms with E-state index < -0.39 is 0 Å². The number of carbonyl (C=O) groups excluding carboxylic acids is 1. The second kappa shape index (κ2) is 5.51. The lowest BCUT2D eigenvalue weighted by atomic mass is 10.2. The number of phenolic OH excluding ortho intramolecular Hbond substituents is 1. The molecular formula is C13H15N3O3. The second-order valence-electron chi connectivity index (χ2n) is 3.96. The molecule has 100 valence electrons. The van der Waals surface area contributed by atoms with Gasteiger partial charge >= 0.3 is 5.97 Å². The standard InChI is InChI=1S/C13H15N3O3/c1-3-19-12(18)8-16-9(2)14-13(15-16)10-6-4-5-7-11(10)17/h4-7,17H,3,8H2,1-2H3. The Kier molecular flexibility index (Phi) is 3.79. The highest BCUT2D eigenvalue weighted by Gasteiger charge is 2.13. The molecule has 0 bridgehead atoms. The minimum Gasteiger partial charge on any atom is -0.507 e. The van der Waals surface area contributed by atoms with Crippen LogP contribution in [0.15, 0.2) is 24.3 Å². The number of nitrogens with zero attached hydrogens (tertiary/aromatic N) is 3. The first-order valence-electron chi connectivity index (χ1n) is 5.97. The van der Waals surface area contributed by atoms with Gasteiger partial charge in [0.1, 0.15) is 18.1 Å². The number of aromatic nitrogens is 3. The van der Waals surface area contributed by atoms with Crippen molar-refractivity contribution in [2.75, 3.05) is 6.61 Å². The van der Waals surface area contributed by atoms with Gasteiger partial charge in [-0.2, -0.15) is 5.10 Å². The first-order valence-corrected chi connectivity index (χ1v) is 5.97. The summed E-state index contributed by atoms with van der Waals surface area (Å²) in [6, 6.07) is 6.80. The number of aromatic hydroxyl groups is 1. The van der Waals surface area contributed by atoms with Gasteiger partial charge in [0.05, 0.1) is 12.2 Å². The van der Waals surface area contributed by atoms with E-state index in [0.717, 1.165) is 0 Å². The molecule has 1 N–H and O–H groups in total. The van der Waals surface area contributed by atoms with E-state index in [4.69, 9.17) is 4.74 Å². The summed E-state index contributed by atoms with van der Waals surface area (Å²) in [5.74, 6) is 0.723. The molecule has 0 saturated heterocycles. The quantitative estimate of drug-likeness (QED) is 0.844. The number of rotatable bonds is 4. The minimum absolute atomic E-state index is 0.0142. The van der Waals surface area contributed by atoms with Crippen LogP contribution in [0.3, 0.4) is 0 Å². The number of ether oxygens (including phenoxy) is 1. The SMILES string of the molecule is CCOC(=O)Cn1nc(-c2ccccc2O)nc1C. The zero-order valence-corrected chi connectivity index (χ0v) is 10.8. The Morgan fingerprint density at radius 3 is 2.84 bits per heavy atom. The highest BCUT2D eigenvalue weighted by molar-refractivity contribution is 5.69. The van der Waals surface area contributed by atoms with E-state index in [9.17, 15) is 9.90 Å². The van der Waals surface area contributed by atoms with Crippen LogP contribution >= 0.6 is 0 Å². The third kappa shape index (κ3) is 2.90. The molecule has 6 heteroatoms. The van der Waals surface area contributed by atoms with Crippen LogP contribution in [0.4, 0.5) is 0 Å². The molecule has 2 aromatic rings. The summed E-state index contributed by atoms with van der Waals surface area (Å²) >= 11 is 0. The first kappa shape index (κ1) is 13.1. The maximum atomic E-state index is 11.4. The number of hydrogen-bond donors (Lipinski definition) is 1. The third-order valence-electron chi connectivity index (χ3n) is 2.59. The van der Waals surface area contributed by atoms with Gasteiger partial charge in [-0.15, -0.1) is 0 Å². The number of carbonyl (C=O) groups is 1. The third-order valence-corrected chi connectivity index (χ3v) is 2.59. The van der Waals surface area contributed by atoms with Crippen LogP contribution in [0.2, 0.25) is 0 Å². The van der Waals surface area contributed by atoms with Crippen molar-refractivity contribution in [3.05, 3.63) is 30.1 Å². The summed E-state index contributed by atoms with van der Waals surface area (Å²) in [5, 5.41) is 14.0. The molecule has 0 aliphatic rings. The monoisotopic (exact) mass is 261 g/mol. The Bertz CT molecular complexity index is 593. The molecule has 0 unspecified atom stereocenters. The zero-order valence-electron chi connectivity index (χ0n) is 10.8. The van der Waals surface area contributed by atoms with Crippen LogP contribution in [0, 0.1) is 6.92 Å². The molecule has 0 aliphatic heterocycles. The van der Waals surface area contributed by atoms with Crippen LogP contribution < -0.4 is 0 Å². The van der Waals surface area contributed by atoms with E-state index in [1.54, 1.807) is 38.1 Å². The predicted octanol–water partition coefficient (Wildman–Crippen LogP) is 1.52. The van der Waals surface area contributed by atoms with Crippen molar-refractivity contribution >= 4 is 5.97 Å². The second-order valence-corrected chi connectivity index (χ2v) is 3.96. The van der Waals surface area contributed by atoms with Crippen molar-refractivity contribution < 1.29 is 14.6 Å². The minimum atomic E-state index is -0.362. The number of hydrogen-bond acceptors (Lipinski definition) is 5. The van der Waals surface area contributed by atoms with Crippen molar-refractivity contribution in [1.29, 1.82) is 0 Å². The van der Waals surface area contributed by atoms with Crippen molar-refractivity contribution in [1.82, 2.24) is 14.8 Å². The molecule has 0 aliphatic carbocycles. The van der Waals surface area contributed by atoms with Gasteiger partial charge in [0, 0.05) is 0 Å². The van der Waals surface area contributed by atoms with Gasteiger partial charge in [-0.3, -0.25) is 4.79 Å². The van der Waals surface area contributed by atoms with Gasteiger partial charge in [0.25, 0.3) is 0 Å². The average molecular weight is 261 g/mol. The molecule has 1 aromatic heterocycles. The summed E-state index contributed by atoms with van der Waals surface area (Å²) in [4.78, 5) is 15.7. The number of benzene rings is 1. The fraction of sp³-hybridized carbons (Fsp3) is 0.308. The Labute approximate surface area is 110 Å². The largest absolute Gasteiger partial charge is 0.507 e. The molecule has 0 amide bonds. The Balaban J connectivity index is 2.26. The van der Waals surface area contributed by atoms with Gasteiger partial charge in [0.15, 0.2) is 5.82 Å². The van der Waals surface area contributed by atoms with Gasteiger partial charge in [-0.25, -0.2) is 9.67 Å². The fourth-order valence-electron chi connectivity index (χ4n) is 1.68. The van der Waals surface area contributed by atoms with Crippen LogP contribution in [0.5, 0.6) is 5.75 Å². The van der Waals surface area contributed by atoms with E-state index in [1.165, 1.54) is 4.68 Å². The molecule has 6 nitrogen and oxygen atoms in total. The number of para-hydroxylation sites is 1. The van der Waals surface area contributed by atoms with Crippen molar-refractivity contribution in [2.24, 2.45) is 0 Å². The van der Waals surface area contributed by atoms with Gasteiger partial charge in [0.2, 0.25) is 0 Å². The Hall–Kier alpha value is -2.37. The molecule has 1 heterocycles. The molecule has 0 atom stereocenters. The molecular weight excluding hydrogens is 246 g/mol. The van der Waals surface area contributed by atoms with Crippen LogP contribution in [0.1, 0.15) is 12.7 Å². The summed E-state index contributed by atoms with van der Waals surface area (Å²) in [5.41, 5.74) is 0.535. The van der Waals surface area contributed by atoms with Gasteiger partial charge in [-0.1, -0.05) is 12.1 Å². The summed E-state index contributed by atoms with van der Waals surface area (Å²) in [6.45, 7) is 3.84. The highest BCUT2D eigenvalue weighted by atomic mass is 16.5.